The molecule has 3 heteroatoms. The van der Waals surface area contributed by atoms with E-state index in [9.17, 15) is 4.79 Å². The fourth-order valence-electron chi connectivity index (χ4n) is 1.08. The molecule has 2 aromatic rings. The van der Waals surface area contributed by atoms with E-state index in [0.29, 0.717) is 12.2 Å². The van der Waals surface area contributed by atoms with E-state index in [-0.39, 0.29) is 5.97 Å². The maximum Gasteiger partial charge on any atom is 0.339 e. The van der Waals surface area contributed by atoms with Crippen LogP contribution >= 0.6 is 0 Å². The number of carbonyl (C=O) groups is 1. The molecule has 17 heavy (non-hydrogen) atoms. The molecule has 1 aromatic heterocycles. The van der Waals surface area contributed by atoms with Crippen molar-refractivity contribution < 1.29 is 9.53 Å². The highest BCUT2D eigenvalue weighted by atomic mass is 16.5. The molecule has 88 valence electrons. The predicted molar refractivity (Wildman–Crippen MR) is 66.6 cm³/mol. The Hall–Kier alpha value is -2.16. The van der Waals surface area contributed by atoms with Crippen molar-refractivity contribution in [1.29, 1.82) is 0 Å². The lowest BCUT2D eigenvalue weighted by atomic mass is 10.3. The summed E-state index contributed by atoms with van der Waals surface area (Å²) in [6.45, 7) is 2.17. The molecule has 0 N–H and O–H groups in total. The second-order valence-corrected chi connectivity index (χ2v) is 3.12. The van der Waals surface area contributed by atoms with Crippen molar-refractivity contribution >= 4 is 5.97 Å². The van der Waals surface area contributed by atoms with Crippen molar-refractivity contribution in [1.82, 2.24) is 4.98 Å². The molecular formula is C14H15NO2. The molecule has 0 aliphatic rings. The summed E-state index contributed by atoms with van der Waals surface area (Å²) in [7, 11) is 0. The molecule has 2 rings (SSSR count). The van der Waals surface area contributed by atoms with E-state index in [1.807, 2.05) is 36.4 Å². The average Bonchev–Trinajstić information content (AvgIpc) is 2.43. The Morgan fingerprint density at radius 3 is 2.12 bits per heavy atom. The zero-order valence-corrected chi connectivity index (χ0v) is 9.74. The highest BCUT2D eigenvalue weighted by Gasteiger charge is 2.03. The van der Waals surface area contributed by atoms with Gasteiger partial charge in [-0.1, -0.05) is 36.4 Å². The van der Waals surface area contributed by atoms with Crippen LogP contribution < -0.4 is 0 Å². The Bertz CT molecular complexity index is 388. The molecule has 1 aromatic carbocycles. The zero-order valence-electron chi connectivity index (χ0n) is 9.74. The first kappa shape index (κ1) is 12.9. The van der Waals surface area contributed by atoms with E-state index in [1.54, 1.807) is 25.3 Å². The monoisotopic (exact) mass is 229 g/mol. The lowest BCUT2D eigenvalue weighted by Gasteiger charge is -1.98. The van der Waals surface area contributed by atoms with Gasteiger partial charge in [0.2, 0.25) is 0 Å². The second kappa shape index (κ2) is 8.05. The van der Waals surface area contributed by atoms with Crippen LogP contribution in [0.5, 0.6) is 0 Å². The van der Waals surface area contributed by atoms with Crippen molar-refractivity contribution in [3.8, 4) is 0 Å². The molecule has 0 aliphatic carbocycles. The van der Waals surface area contributed by atoms with Gasteiger partial charge in [-0.15, -0.1) is 0 Å². The maximum absolute atomic E-state index is 11.0. The van der Waals surface area contributed by atoms with E-state index >= 15 is 0 Å². The summed E-state index contributed by atoms with van der Waals surface area (Å²) in [5.41, 5.74) is 0.495. The van der Waals surface area contributed by atoms with Gasteiger partial charge < -0.3 is 4.74 Å². The van der Waals surface area contributed by atoms with Crippen LogP contribution in [0.4, 0.5) is 0 Å². The molecular weight excluding hydrogens is 214 g/mol. The molecule has 0 fully saturated rings. The summed E-state index contributed by atoms with van der Waals surface area (Å²) < 4.78 is 4.75. The summed E-state index contributed by atoms with van der Waals surface area (Å²) in [5.74, 6) is -0.319. The van der Waals surface area contributed by atoms with Gasteiger partial charge >= 0.3 is 5.97 Å². The summed E-state index contributed by atoms with van der Waals surface area (Å²) >= 11 is 0. The van der Waals surface area contributed by atoms with Crippen LogP contribution in [0.2, 0.25) is 0 Å². The Morgan fingerprint density at radius 2 is 1.71 bits per heavy atom. The molecule has 0 atom stereocenters. The van der Waals surface area contributed by atoms with Gasteiger partial charge in [0.1, 0.15) is 0 Å². The number of rotatable bonds is 2. The zero-order chi connectivity index (χ0) is 12.3. The van der Waals surface area contributed by atoms with Crippen LogP contribution in [0.15, 0.2) is 60.9 Å². The van der Waals surface area contributed by atoms with Crippen molar-refractivity contribution in [2.75, 3.05) is 6.61 Å². The number of aromatic nitrogens is 1. The van der Waals surface area contributed by atoms with E-state index in [1.165, 1.54) is 6.20 Å². The van der Waals surface area contributed by atoms with Crippen LogP contribution in [0, 0.1) is 0 Å². The number of hydrogen-bond acceptors (Lipinski definition) is 3. The minimum atomic E-state index is -0.319. The standard InChI is InChI=1S/C8H9NO2.C6H6/c1-2-11-8(10)7-4-3-5-9-6-7;1-2-4-6-5-3-1/h3-6H,2H2,1H3;1-6H. The van der Waals surface area contributed by atoms with Crippen molar-refractivity contribution in [2.45, 2.75) is 6.92 Å². The van der Waals surface area contributed by atoms with Crippen LogP contribution in [-0.4, -0.2) is 17.6 Å². The fraction of sp³-hybridized carbons (Fsp3) is 0.143. The number of nitrogens with zero attached hydrogens (tertiary/aromatic N) is 1. The van der Waals surface area contributed by atoms with E-state index in [0.717, 1.165) is 0 Å². The third-order valence-electron chi connectivity index (χ3n) is 1.84. The Labute approximate surface area is 101 Å². The van der Waals surface area contributed by atoms with Crippen LogP contribution in [-0.2, 0) is 4.74 Å². The van der Waals surface area contributed by atoms with Gasteiger partial charge in [-0.2, -0.15) is 0 Å². The number of benzene rings is 1. The van der Waals surface area contributed by atoms with Gasteiger partial charge in [-0.25, -0.2) is 4.79 Å². The minimum Gasteiger partial charge on any atom is -0.462 e. The molecule has 0 spiro atoms. The number of pyridine rings is 1. The number of carbonyl (C=O) groups excluding carboxylic acids is 1. The summed E-state index contributed by atoms with van der Waals surface area (Å²) in [6.07, 6.45) is 3.10. The lowest BCUT2D eigenvalue weighted by Crippen LogP contribution is -2.04. The van der Waals surface area contributed by atoms with Gasteiger partial charge in [-0.05, 0) is 19.1 Å². The lowest BCUT2D eigenvalue weighted by molar-refractivity contribution is 0.0526. The van der Waals surface area contributed by atoms with Crippen LogP contribution in [0.3, 0.4) is 0 Å². The molecule has 0 bridgehead atoms. The summed E-state index contributed by atoms with van der Waals surface area (Å²) in [5, 5.41) is 0. The number of ether oxygens (including phenoxy) is 1. The Balaban J connectivity index is 0.000000202. The van der Waals surface area contributed by atoms with Crippen molar-refractivity contribution in [3.05, 3.63) is 66.5 Å². The van der Waals surface area contributed by atoms with Crippen LogP contribution in [0.25, 0.3) is 0 Å². The third-order valence-corrected chi connectivity index (χ3v) is 1.84. The minimum absolute atomic E-state index is 0.319. The first-order chi connectivity index (χ1) is 8.34. The maximum atomic E-state index is 11.0. The molecule has 3 nitrogen and oxygen atoms in total. The van der Waals surface area contributed by atoms with Crippen LogP contribution in [0.1, 0.15) is 17.3 Å². The van der Waals surface area contributed by atoms with E-state index in [2.05, 4.69) is 4.98 Å². The van der Waals surface area contributed by atoms with Gasteiger partial charge in [0, 0.05) is 12.4 Å². The van der Waals surface area contributed by atoms with Gasteiger partial charge in [0.25, 0.3) is 0 Å². The second-order valence-electron chi connectivity index (χ2n) is 3.12. The Morgan fingerprint density at radius 1 is 1.12 bits per heavy atom. The smallest absolute Gasteiger partial charge is 0.339 e. The van der Waals surface area contributed by atoms with Crippen molar-refractivity contribution in [3.63, 3.8) is 0 Å². The number of hydrogen-bond donors (Lipinski definition) is 0. The summed E-state index contributed by atoms with van der Waals surface area (Å²) in [6, 6.07) is 15.4. The summed E-state index contributed by atoms with van der Waals surface area (Å²) in [4.78, 5) is 14.8. The van der Waals surface area contributed by atoms with Gasteiger partial charge in [0.15, 0.2) is 0 Å². The molecule has 0 radical (unpaired) electrons. The Kier molecular flexibility index (Phi) is 6.11. The predicted octanol–water partition coefficient (Wildman–Crippen LogP) is 2.94. The van der Waals surface area contributed by atoms with E-state index in [4.69, 9.17) is 4.74 Å². The third kappa shape index (κ3) is 5.47. The molecule has 0 amide bonds. The van der Waals surface area contributed by atoms with Gasteiger partial charge in [-0.3, -0.25) is 4.98 Å². The number of esters is 1. The molecule has 0 saturated carbocycles. The topological polar surface area (TPSA) is 39.2 Å². The van der Waals surface area contributed by atoms with Crippen molar-refractivity contribution in [2.24, 2.45) is 0 Å². The molecule has 0 aliphatic heterocycles. The average molecular weight is 229 g/mol. The first-order valence-corrected chi connectivity index (χ1v) is 5.41. The highest BCUT2D eigenvalue weighted by molar-refractivity contribution is 5.88. The highest BCUT2D eigenvalue weighted by Crippen LogP contribution is 1.97. The first-order valence-electron chi connectivity index (χ1n) is 5.41. The normalized spacial score (nSPS) is 8.76. The SMILES string of the molecule is CCOC(=O)c1cccnc1.c1ccccc1. The van der Waals surface area contributed by atoms with Gasteiger partial charge in [0.05, 0.1) is 12.2 Å². The van der Waals surface area contributed by atoms with E-state index < -0.39 is 0 Å². The molecule has 1 heterocycles. The fourth-order valence-corrected chi connectivity index (χ4v) is 1.08. The molecule has 0 saturated heterocycles. The molecule has 0 unspecified atom stereocenters. The quantitative estimate of drug-likeness (QED) is 0.743. The largest absolute Gasteiger partial charge is 0.462 e.